The van der Waals surface area contributed by atoms with Crippen molar-refractivity contribution in [3.05, 3.63) is 0 Å². The molecule has 72 valence electrons. The number of nitrogens with one attached hydrogen (secondary N) is 1. The van der Waals surface area contributed by atoms with Crippen molar-refractivity contribution in [1.82, 2.24) is 10.2 Å². The highest BCUT2D eigenvalue weighted by atomic mass is 32.1. The third-order valence-electron chi connectivity index (χ3n) is 1.69. The van der Waals surface area contributed by atoms with Crippen LogP contribution in [0.3, 0.4) is 0 Å². The first kappa shape index (κ1) is 11.8. The van der Waals surface area contributed by atoms with E-state index in [1.807, 2.05) is 7.05 Å². The molecule has 12 heavy (non-hydrogen) atoms. The average molecular weight is 190 g/mol. The fraction of sp³-hybridized carbons (Fsp3) is 0.875. The molecule has 0 radical (unpaired) electrons. The van der Waals surface area contributed by atoms with Crippen LogP contribution >= 0.6 is 12.6 Å². The van der Waals surface area contributed by atoms with Gasteiger partial charge in [0, 0.05) is 19.5 Å². The third kappa shape index (κ3) is 6.49. The van der Waals surface area contributed by atoms with E-state index in [1.54, 1.807) is 0 Å². The predicted molar refractivity (Wildman–Crippen MR) is 54.7 cm³/mol. The van der Waals surface area contributed by atoms with Crippen molar-refractivity contribution in [2.75, 3.05) is 32.4 Å². The summed E-state index contributed by atoms with van der Waals surface area (Å²) in [5, 5.41) is 2.82. The summed E-state index contributed by atoms with van der Waals surface area (Å²) in [6.07, 6.45) is 0.513. The van der Waals surface area contributed by atoms with Crippen LogP contribution in [-0.2, 0) is 4.79 Å². The van der Waals surface area contributed by atoms with Crippen molar-refractivity contribution in [2.24, 2.45) is 0 Å². The molecule has 0 unspecified atom stereocenters. The van der Waals surface area contributed by atoms with Crippen LogP contribution in [0.2, 0.25) is 0 Å². The summed E-state index contributed by atoms with van der Waals surface area (Å²) < 4.78 is 0. The van der Waals surface area contributed by atoms with Crippen molar-refractivity contribution < 1.29 is 4.79 Å². The van der Waals surface area contributed by atoms with E-state index in [-0.39, 0.29) is 5.91 Å². The summed E-state index contributed by atoms with van der Waals surface area (Å²) in [5.41, 5.74) is 0. The maximum absolute atomic E-state index is 10.9. The standard InChI is InChI=1S/C8H18N2OS/c1-3-10(2)6-5-9-8(11)4-7-12/h12H,3-7H2,1-2H3,(H,9,11). The largest absolute Gasteiger partial charge is 0.355 e. The molecule has 4 heteroatoms. The minimum absolute atomic E-state index is 0.0921. The van der Waals surface area contributed by atoms with Gasteiger partial charge in [-0.15, -0.1) is 0 Å². The number of amides is 1. The second-order valence-electron chi connectivity index (χ2n) is 2.72. The molecule has 0 aliphatic carbocycles. The predicted octanol–water partition coefficient (Wildman–Crippen LogP) is 0.374. The van der Waals surface area contributed by atoms with Gasteiger partial charge in [-0.05, 0) is 19.3 Å². The Morgan fingerprint density at radius 1 is 1.58 bits per heavy atom. The molecule has 0 saturated heterocycles. The molecule has 0 rings (SSSR count). The summed E-state index contributed by atoms with van der Waals surface area (Å²) in [7, 11) is 2.03. The Morgan fingerprint density at radius 3 is 2.75 bits per heavy atom. The Bertz CT molecular complexity index is 130. The van der Waals surface area contributed by atoms with E-state index in [2.05, 4.69) is 29.8 Å². The van der Waals surface area contributed by atoms with E-state index in [4.69, 9.17) is 0 Å². The summed E-state index contributed by atoms with van der Waals surface area (Å²) in [6.45, 7) is 4.75. The van der Waals surface area contributed by atoms with Crippen molar-refractivity contribution in [3.8, 4) is 0 Å². The molecule has 0 aromatic carbocycles. The lowest BCUT2D eigenvalue weighted by Gasteiger charge is -2.13. The number of nitrogens with zero attached hydrogens (tertiary/aromatic N) is 1. The minimum Gasteiger partial charge on any atom is -0.355 e. The zero-order valence-electron chi connectivity index (χ0n) is 7.84. The zero-order chi connectivity index (χ0) is 9.40. The second-order valence-corrected chi connectivity index (χ2v) is 3.17. The molecule has 0 spiro atoms. The van der Waals surface area contributed by atoms with Gasteiger partial charge in [0.05, 0.1) is 0 Å². The molecule has 0 aromatic heterocycles. The molecule has 0 heterocycles. The van der Waals surface area contributed by atoms with E-state index in [0.29, 0.717) is 12.2 Å². The number of rotatable bonds is 6. The summed E-state index contributed by atoms with van der Waals surface area (Å²) >= 11 is 3.97. The Hall–Kier alpha value is -0.220. The van der Waals surface area contributed by atoms with E-state index in [1.165, 1.54) is 0 Å². The number of hydrogen-bond donors (Lipinski definition) is 2. The van der Waals surface area contributed by atoms with Gasteiger partial charge in [-0.2, -0.15) is 12.6 Å². The van der Waals surface area contributed by atoms with Crippen LogP contribution in [0.4, 0.5) is 0 Å². The molecular weight excluding hydrogens is 172 g/mol. The van der Waals surface area contributed by atoms with Crippen LogP contribution < -0.4 is 5.32 Å². The van der Waals surface area contributed by atoms with Crippen LogP contribution in [-0.4, -0.2) is 43.2 Å². The molecule has 0 fully saturated rings. The third-order valence-corrected chi connectivity index (χ3v) is 1.92. The normalized spacial score (nSPS) is 10.3. The number of hydrogen-bond acceptors (Lipinski definition) is 3. The molecule has 0 atom stereocenters. The quantitative estimate of drug-likeness (QED) is 0.593. The Balaban J connectivity index is 3.24. The molecule has 1 amide bonds. The number of likely N-dealkylation sites (N-methyl/N-ethyl adjacent to an activating group) is 1. The maximum Gasteiger partial charge on any atom is 0.220 e. The Labute approximate surface area is 79.9 Å². The van der Waals surface area contributed by atoms with Gasteiger partial charge >= 0.3 is 0 Å². The lowest BCUT2D eigenvalue weighted by Crippen LogP contribution is -2.32. The molecular formula is C8H18N2OS. The molecule has 0 aliphatic heterocycles. The monoisotopic (exact) mass is 190 g/mol. The summed E-state index contributed by atoms with van der Waals surface area (Å²) in [6, 6.07) is 0. The van der Waals surface area contributed by atoms with Gasteiger partial charge in [-0.1, -0.05) is 6.92 Å². The first-order valence-corrected chi connectivity index (χ1v) is 4.90. The van der Waals surface area contributed by atoms with Crippen molar-refractivity contribution >= 4 is 18.5 Å². The van der Waals surface area contributed by atoms with Crippen LogP contribution in [0.25, 0.3) is 0 Å². The molecule has 0 aliphatic rings. The lowest BCUT2D eigenvalue weighted by molar-refractivity contribution is -0.120. The number of carbonyl (C=O) groups excluding carboxylic acids is 1. The van der Waals surface area contributed by atoms with Gasteiger partial charge in [0.2, 0.25) is 5.91 Å². The van der Waals surface area contributed by atoms with Gasteiger partial charge < -0.3 is 10.2 Å². The highest BCUT2D eigenvalue weighted by molar-refractivity contribution is 7.80. The smallest absolute Gasteiger partial charge is 0.220 e. The highest BCUT2D eigenvalue weighted by Crippen LogP contribution is 1.83. The van der Waals surface area contributed by atoms with Gasteiger partial charge in [-0.25, -0.2) is 0 Å². The summed E-state index contributed by atoms with van der Waals surface area (Å²) in [4.78, 5) is 13.1. The highest BCUT2D eigenvalue weighted by Gasteiger charge is 1.98. The molecule has 1 N–H and O–H groups in total. The van der Waals surface area contributed by atoms with Crippen LogP contribution in [0.5, 0.6) is 0 Å². The molecule has 0 bridgehead atoms. The number of thiol groups is 1. The Morgan fingerprint density at radius 2 is 2.25 bits per heavy atom. The summed E-state index contributed by atoms with van der Waals surface area (Å²) in [5.74, 6) is 0.713. The SMILES string of the molecule is CCN(C)CCNC(=O)CCS. The van der Waals surface area contributed by atoms with E-state index in [0.717, 1.165) is 19.6 Å². The fourth-order valence-corrected chi connectivity index (χ4v) is 0.937. The van der Waals surface area contributed by atoms with E-state index >= 15 is 0 Å². The van der Waals surface area contributed by atoms with Gasteiger partial charge in [0.15, 0.2) is 0 Å². The van der Waals surface area contributed by atoms with E-state index in [9.17, 15) is 4.79 Å². The topological polar surface area (TPSA) is 32.3 Å². The number of carbonyl (C=O) groups is 1. The minimum atomic E-state index is 0.0921. The molecule has 3 nitrogen and oxygen atoms in total. The van der Waals surface area contributed by atoms with Crippen molar-refractivity contribution in [2.45, 2.75) is 13.3 Å². The van der Waals surface area contributed by atoms with Crippen molar-refractivity contribution in [1.29, 1.82) is 0 Å². The fourth-order valence-electron chi connectivity index (χ4n) is 0.734. The molecule has 0 aromatic rings. The van der Waals surface area contributed by atoms with Crippen LogP contribution in [0.15, 0.2) is 0 Å². The van der Waals surface area contributed by atoms with Crippen LogP contribution in [0, 0.1) is 0 Å². The maximum atomic E-state index is 10.9. The van der Waals surface area contributed by atoms with Gasteiger partial charge in [0.25, 0.3) is 0 Å². The van der Waals surface area contributed by atoms with Gasteiger partial charge in [-0.3, -0.25) is 4.79 Å². The van der Waals surface area contributed by atoms with Crippen molar-refractivity contribution in [3.63, 3.8) is 0 Å². The van der Waals surface area contributed by atoms with Crippen LogP contribution in [0.1, 0.15) is 13.3 Å². The average Bonchev–Trinajstić information content (AvgIpc) is 2.04. The first-order valence-electron chi connectivity index (χ1n) is 4.26. The Kier molecular flexibility index (Phi) is 7.29. The second kappa shape index (κ2) is 7.43. The van der Waals surface area contributed by atoms with E-state index < -0.39 is 0 Å². The zero-order valence-corrected chi connectivity index (χ0v) is 8.73. The molecule has 0 saturated carbocycles. The lowest BCUT2D eigenvalue weighted by atomic mass is 10.4. The first-order chi connectivity index (χ1) is 5.70. The van der Waals surface area contributed by atoms with Gasteiger partial charge in [0.1, 0.15) is 0 Å².